The van der Waals surface area contributed by atoms with E-state index in [2.05, 4.69) is 10.00 Å². The van der Waals surface area contributed by atoms with Crippen LogP contribution in [-0.2, 0) is 19.5 Å². The molecule has 0 bridgehead atoms. The summed E-state index contributed by atoms with van der Waals surface area (Å²) in [5.41, 5.74) is 2.23. The zero-order valence-corrected chi connectivity index (χ0v) is 15.4. The molecular weight excluding hydrogens is 351 g/mol. The number of halogens is 2. The minimum absolute atomic E-state index is 0.205. The van der Waals surface area contributed by atoms with Crippen molar-refractivity contribution in [2.24, 2.45) is 0 Å². The third-order valence-electron chi connectivity index (χ3n) is 4.82. The van der Waals surface area contributed by atoms with Gasteiger partial charge in [0.2, 0.25) is 0 Å². The second-order valence-corrected chi connectivity index (χ2v) is 7.03. The first-order chi connectivity index (χ1) is 12.6. The van der Waals surface area contributed by atoms with E-state index in [4.69, 9.17) is 16.6 Å². The van der Waals surface area contributed by atoms with Gasteiger partial charge in [0.25, 0.3) is 0 Å². The zero-order chi connectivity index (χ0) is 18.1. The van der Waals surface area contributed by atoms with Gasteiger partial charge < -0.3 is 0 Å². The molecule has 4 rings (SSSR count). The molecule has 2 aromatic carbocycles. The van der Waals surface area contributed by atoms with Gasteiger partial charge in [-0.15, -0.1) is 0 Å². The smallest absolute Gasteiger partial charge is 0.181 e. The Bertz CT molecular complexity index is 898. The molecule has 0 atom stereocenters. The first-order valence-electron chi connectivity index (χ1n) is 8.77. The highest BCUT2D eigenvalue weighted by atomic mass is 35.5. The molecule has 1 aliphatic rings. The van der Waals surface area contributed by atoms with Gasteiger partial charge in [0.1, 0.15) is 11.6 Å². The molecule has 0 radical (unpaired) electrons. The second kappa shape index (κ2) is 7.17. The minimum atomic E-state index is -0.205. The maximum absolute atomic E-state index is 14.4. The minimum Gasteiger partial charge on any atom is -0.297 e. The van der Waals surface area contributed by atoms with Gasteiger partial charge in [0.05, 0.1) is 6.54 Å². The molecule has 26 heavy (non-hydrogen) atoms. The topological polar surface area (TPSA) is 34.0 Å². The summed E-state index contributed by atoms with van der Waals surface area (Å²) in [4.78, 5) is 6.91. The van der Waals surface area contributed by atoms with Crippen molar-refractivity contribution in [2.45, 2.75) is 26.4 Å². The first-order valence-corrected chi connectivity index (χ1v) is 9.14. The molecule has 1 aromatic heterocycles. The van der Waals surface area contributed by atoms with Crippen molar-refractivity contribution in [3.63, 3.8) is 0 Å². The lowest BCUT2D eigenvalue weighted by Crippen LogP contribution is -2.27. The molecule has 4 nitrogen and oxygen atoms in total. The van der Waals surface area contributed by atoms with Gasteiger partial charge in [-0.2, -0.15) is 5.10 Å². The predicted octanol–water partition coefficient (Wildman–Crippen LogP) is 4.10. The van der Waals surface area contributed by atoms with Crippen LogP contribution in [0.1, 0.15) is 17.0 Å². The molecule has 0 saturated carbocycles. The van der Waals surface area contributed by atoms with E-state index in [-0.39, 0.29) is 5.82 Å². The predicted molar refractivity (Wildman–Crippen MR) is 101 cm³/mol. The quantitative estimate of drug-likeness (QED) is 0.696. The standard InChI is InChI=1S/C20H20ClFN4/c1-14-7-8-17(21)16(19(14)22)13-25-10-9-18-23-20(24-26(18)12-11-25)15-5-3-2-4-6-15/h2-8H,9-13H2,1H3. The molecule has 6 heteroatoms. The van der Waals surface area contributed by atoms with Crippen LogP contribution in [0.2, 0.25) is 5.02 Å². The van der Waals surface area contributed by atoms with Crippen LogP contribution in [0.4, 0.5) is 4.39 Å². The maximum atomic E-state index is 14.4. The van der Waals surface area contributed by atoms with Crippen molar-refractivity contribution in [2.75, 3.05) is 13.1 Å². The van der Waals surface area contributed by atoms with Crippen molar-refractivity contribution in [3.05, 3.63) is 70.3 Å². The molecule has 0 spiro atoms. The van der Waals surface area contributed by atoms with E-state index in [1.54, 1.807) is 19.1 Å². The van der Waals surface area contributed by atoms with Gasteiger partial charge >= 0.3 is 0 Å². The molecule has 0 saturated heterocycles. The van der Waals surface area contributed by atoms with Crippen molar-refractivity contribution < 1.29 is 4.39 Å². The van der Waals surface area contributed by atoms with Crippen LogP contribution < -0.4 is 0 Å². The van der Waals surface area contributed by atoms with Crippen molar-refractivity contribution in [3.8, 4) is 11.4 Å². The molecular formula is C20H20ClFN4. The molecule has 134 valence electrons. The van der Waals surface area contributed by atoms with Crippen LogP contribution in [0.3, 0.4) is 0 Å². The fourth-order valence-corrected chi connectivity index (χ4v) is 3.50. The molecule has 1 aliphatic heterocycles. The lowest BCUT2D eigenvalue weighted by Gasteiger charge is -2.21. The Morgan fingerprint density at radius 3 is 2.69 bits per heavy atom. The van der Waals surface area contributed by atoms with Crippen LogP contribution >= 0.6 is 11.6 Å². The van der Waals surface area contributed by atoms with Gasteiger partial charge in [0.15, 0.2) is 5.82 Å². The van der Waals surface area contributed by atoms with E-state index in [0.29, 0.717) is 22.7 Å². The molecule has 0 fully saturated rings. The second-order valence-electron chi connectivity index (χ2n) is 6.62. The summed E-state index contributed by atoms with van der Waals surface area (Å²) >= 11 is 6.22. The Kier molecular flexibility index (Phi) is 4.74. The summed E-state index contributed by atoms with van der Waals surface area (Å²) < 4.78 is 16.4. The summed E-state index contributed by atoms with van der Waals surface area (Å²) in [6, 6.07) is 13.5. The average molecular weight is 371 g/mol. The van der Waals surface area contributed by atoms with Crippen LogP contribution in [0.15, 0.2) is 42.5 Å². The van der Waals surface area contributed by atoms with Gasteiger partial charge in [-0.3, -0.25) is 4.90 Å². The maximum Gasteiger partial charge on any atom is 0.181 e. The number of rotatable bonds is 3. The van der Waals surface area contributed by atoms with Gasteiger partial charge in [-0.25, -0.2) is 14.1 Å². The Morgan fingerprint density at radius 2 is 1.88 bits per heavy atom. The van der Waals surface area contributed by atoms with E-state index in [0.717, 1.165) is 43.3 Å². The highest BCUT2D eigenvalue weighted by Gasteiger charge is 2.20. The van der Waals surface area contributed by atoms with E-state index < -0.39 is 0 Å². The number of aromatic nitrogens is 3. The molecule has 2 heterocycles. The third kappa shape index (κ3) is 3.37. The van der Waals surface area contributed by atoms with Crippen molar-refractivity contribution >= 4 is 11.6 Å². The van der Waals surface area contributed by atoms with Crippen molar-refractivity contribution in [1.29, 1.82) is 0 Å². The number of aryl methyl sites for hydroxylation is 1. The first kappa shape index (κ1) is 17.2. The monoisotopic (exact) mass is 370 g/mol. The van der Waals surface area contributed by atoms with Gasteiger partial charge in [0, 0.05) is 42.2 Å². The number of hydrogen-bond acceptors (Lipinski definition) is 3. The molecule has 3 aromatic rings. The summed E-state index contributed by atoms with van der Waals surface area (Å²) in [6.07, 6.45) is 0.783. The molecule has 0 N–H and O–H groups in total. The van der Waals surface area contributed by atoms with Crippen LogP contribution in [0.5, 0.6) is 0 Å². The zero-order valence-electron chi connectivity index (χ0n) is 14.6. The highest BCUT2D eigenvalue weighted by molar-refractivity contribution is 6.31. The largest absolute Gasteiger partial charge is 0.297 e. The lowest BCUT2D eigenvalue weighted by molar-refractivity contribution is 0.265. The Hall–Kier alpha value is -2.24. The van der Waals surface area contributed by atoms with E-state index in [1.165, 1.54) is 0 Å². The summed E-state index contributed by atoms with van der Waals surface area (Å²) in [5, 5.41) is 5.14. The normalized spacial score (nSPS) is 14.9. The molecule has 0 amide bonds. The molecule has 0 aliphatic carbocycles. The van der Waals surface area contributed by atoms with Crippen LogP contribution in [-0.4, -0.2) is 32.8 Å². The number of hydrogen-bond donors (Lipinski definition) is 0. The van der Waals surface area contributed by atoms with Gasteiger partial charge in [-0.05, 0) is 18.6 Å². The average Bonchev–Trinajstić information content (AvgIpc) is 2.98. The highest BCUT2D eigenvalue weighted by Crippen LogP contribution is 2.24. The van der Waals surface area contributed by atoms with Crippen molar-refractivity contribution in [1.82, 2.24) is 19.7 Å². The van der Waals surface area contributed by atoms with Crippen LogP contribution in [0, 0.1) is 12.7 Å². The molecule has 0 unspecified atom stereocenters. The van der Waals surface area contributed by atoms with E-state index in [9.17, 15) is 4.39 Å². The summed E-state index contributed by atoms with van der Waals surface area (Å²) in [7, 11) is 0. The third-order valence-corrected chi connectivity index (χ3v) is 5.17. The van der Waals surface area contributed by atoms with Gasteiger partial charge in [-0.1, -0.05) is 48.0 Å². The Balaban J connectivity index is 1.50. The fraction of sp³-hybridized carbons (Fsp3) is 0.300. The number of nitrogens with zero attached hydrogens (tertiary/aromatic N) is 4. The number of fused-ring (bicyclic) bond motifs is 1. The fourth-order valence-electron chi connectivity index (χ4n) is 3.30. The van der Waals surface area contributed by atoms with E-state index >= 15 is 0 Å². The summed E-state index contributed by atoms with van der Waals surface area (Å²) in [5.74, 6) is 1.54. The lowest BCUT2D eigenvalue weighted by atomic mass is 10.1. The van der Waals surface area contributed by atoms with Crippen LogP contribution in [0.25, 0.3) is 11.4 Å². The Morgan fingerprint density at radius 1 is 1.08 bits per heavy atom. The van der Waals surface area contributed by atoms with E-state index in [1.807, 2.05) is 35.0 Å². The number of benzene rings is 2. The summed E-state index contributed by atoms with van der Waals surface area (Å²) in [6.45, 7) is 4.59. The SMILES string of the molecule is Cc1ccc(Cl)c(CN2CCc3nc(-c4ccccc4)nn3CC2)c1F. The Labute approximate surface area is 157 Å².